The van der Waals surface area contributed by atoms with Crippen molar-refractivity contribution < 1.29 is 8.42 Å². The lowest BCUT2D eigenvalue weighted by atomic mass is 10.2. The Balaban J connectivity index is 1.67. The van der Waals surface area contributed by atoms with Crippen LogP contribution in [0.3, 0.4) is 0 Å². The molecule has 0 bridgehead atoms. The van der Waals surface area contributed by atoms with Crippen LogP contribution in [0.5, 0.6) is 0 Å². The fourth-order valence-corrected chi connectivity index (χ4v) is 3.59. The topological polar surface area (TPSA) is 58.2 Å². The summed E-state index contributed by atoms with van der Waals surface area (Å²) in [4.78, 5) is 0.345. The summed E-state index contributed by atoms with van der Waals surface area (Å²) in [6.45, 7) is 1.28. The third-order valence-electron chi connectivity index (χ3n) is 3.65. The first-order valence-corrected chi connectivity index (χ1v) is 8.54. The monoisotopic (exact) mass is 302 g/mol. The smallest absolute Gasteiger partial charge is 0.240 e. The molecule has 0 atom stereocenters. The number of rotatable bonds is 5. The van der Waals surface area contributed by atoms with E-state index in [0.717, 1.165) is 29.8 Å². The van der Waals surface area contributed by atoms with E-state index in [2.05, 4.69) is 10.0 Å². The molecule has 110 valence electrons. The summed E-state index contributed by atoms with van der Waals surface area (Å²) in [7, 11) is -3.43. The van der Waals surface area contributed by atoms with Crippen molar-refractivity contribution in [3.63, 3.8) is 0 Å². The molecule has 0 fully saturated rings. The van der Waals surface area contributed by atoms with Crippen LogP contribution in [0.2, 0.25) is 0 Å². The second-order valence-electron chi connectivity index (χ2n) is 5.13. The molecule has 0 aliphatic carbocycles. The molecule has 0 radical (unpaired) electrons. The van der Waals surface area contributed by atoms with Crippen molar-refractivity contribution in [3.05, 3.63) is 59.7 Å². The van der Waals surface area contributed by atoms with Gasteiger partial charge in [0.25, 0.3) is 0 Å². The van der Waals surface area contributed by atoms with Crippen molar-refractivity contribution >= 4 is 15.7 Å². The number of nitrogens with one attached hydrogen (secondary N) is 2. The van der Waals surface area contributed by atoms with Crippen molar-refractivity contribution in [1.29, 1.82) is 0 Å². The van der Waals surface area contributed by atoms with E-state index in [-0.39, 0.29) is 0 Å². The van der Waals surface area contributed by atoms with Crippen LogP contribution in [0.1, 0.15) is 11.1 Å². The average Bonchev–Trinajstić information content (AvgIpc) is 2.95. The van der Waals surface area contributed by atoms with Gasteiger partial charge in [-0.2, -0.15) is 0 Å². The number of fused-ring (bicyclic) bond motifs is 1. The van der Waals surface area contributed by atoms with E-state index in [1.54, 1.807) is 12.1 Å². The third kappa shape index (κ3) is 3.25. The first-order chi connectivity index (χ1) is 10.1. The van der Waals surface area contributed by atoms with E-state index in [9.17, 15) is 8.42 Å². The molecule has 1 aliphatic heterocycles. The molecular formula is C16H18N2O2S. The van der Waals surface area contributed by atoms with Crippen LogP contribution in [0.4, 0.5) is 5.69 Å². The van der Waals surface area contributed by atoms with Gasteiger partial charge in [-0.15, -0.1) is 0 Å². The van der Waals surface area contributed by atoms with Crippen LogP contribution >= 0.6 is 0 Å². The van der Waals surface area contributed by atoms with E-state index in [4.69, 9.17) is 0 Å². The highest BCUT2D eigenvalue weighted by atomic mass is 32.2. The Hall–Kier alpha value is -1.85. The second-order valence-corrected chi connectivity index (χ2v) is 6.90. The van der Waals surface area contributed by atoms with Crippen molar-refractivity contribution in [2.45, 2.75) is 17.7 Å². The van der Waals surface area contributed by atoms with Gasteiger partial charge in [0, 0.05) is 18.8 Å². The highest BCUT2D eigenvalue weighted by molar-refractivity contribution is 7.89. The molecule has 0 saturated carbocycles. The first kappa shape index (κ1) is 14.1. The highest BCUT2D eigenvalue weighted by Crippen LogP contribution is 2.24. The fourth-order valence-electron chi connectivity index (χ4n) is 2.51. The van der Waals surface area contributed by atoms with Crippen LogP contribution in [0, 0.1) is 0 Å². The molecule has 21 heavy (non-hydrogen) atoms. The minimum atomic E-state index is -3.43. The Morgan fingerprint density at radius 2 is 1.90 bits per heavy atom. The Kier molecular flexibility index (Phi) is 3.94. The summed E-state index contributed by atoms with van der Waals surface area (Å²) in [5.41, 5.74) is 3.23. The zero-order chi connectivity index (χ0) is 14.7. The van der Waals surface area contributed by atoms with Gasteiger partial charge < -0.3 is 5.32 Å². The molecule has 2 aromatic carbocycles. The lowest BCUT2D eigenvalue weighted by Gasteiger charge is -2.08. The number of hydrogen-bond donors (Lipinski definition) is 2. The largest absolute Gasteiger partial charge is 0.384 e. The van der Waals surface area contributed by atoms with E-state index >= 15 is 0 Å². The Morgan fingerprint density at radius 3 is 2.71 bits per heavy atom. The second kappa shape index (κ2) is 5.87. The lowest BCUT2D eigenvalue weighted by molar-refractivity contribution is 0.581. The van der Waals surface area contributed by atoms with Crippen LogP contribution < -0.4 is 10.0 Å². The molecule has 0 saturated heterocycles. The van der Waals surface area contributed by atoms with Crippen molar-refractivity contribution in [1.82, 2.24) is 4.72 Å². The van der Waals surface area contributed by atoms with Gasteiger partial charge >= 0.3 is 0 Å². The first-order valence-electron chi connectivity index (χ1n) is 7.05. The summed E-state index contributed by atoms with van der Waals surface area (Å²) < 4.78 is 27.2. The summed E-state index contributed by atoms with van der Waals surface area (Å²) in [6.07, 6.45) is 1.56. The van der Waals surface area contributed by atoms with Gasteiger partial charge in [-0.25, -0.2) is 13.1 Å². The molecule has 0 aromatic heterocycles. The predicted molar refractivity (Wildman–Crippen MR) is 84.0 cm³/mol. The van der Waals surface area contributed by atoms with Gasteiger partial charge in [0.2, 0.25) is 10.0 Å². The molecule has 4 nitrogen and oxygen atoms in total. The predicted octanol–water partition coefficient (Wildman–Crippen LogP) is 2.18. The number of hydrogen-bond acceptors (Lipinski definition) is 3. The van der Waals surface area contributed by atoms with Gasteiger partial charge in [0.05, 0.1) is 4.90 Å². The van der Waals surface area contributed by atoms with Crippen molar-refractivity contribution in [2.75, 3.05) is 18.4 Å². The average molecular weight is 302 g/mol. The molecule has 2 N–H and O–H groups in total. The summed E-state index contributed by atoms with van der Waals surface area (Å²) >= 11 is 0. The maximum absolute atomic E-state index is 12.3. The summed E-state index contributed by atoms with van der Waals surface area (Å²) in [5.74, 6) is 0. The van der Waals surface area contributed by atoms with Gasteiger partial charge in [-0.3, -0.25) is 0 Å². The van der Waals surface area contributed by atoms with Gasteiger partial charge in [-0.1, -0.05) is 30.3 Å². The SMILES string of the molecule is O=S(=O)(NCCc1ccccc1)c1ccc2c(c1)CCN2. The van der Waals surface area contributed by atoms with Gasteiger partial charge in [-0.05, 0) is 42.2 Å². The molecule has 1 aliphatic rings. The maximum Gasteiger partial charge on any atom is 0.240 e. The fraction of sp³-hybridized carbons (Fsp3) is 0.250. The van der Waals surface area contributed by atoms with Crippen LogP contribution in [-0.4, -0.2) is 21.5 Å². The summed E-state index contributed by atoms with van der Waals surface area (Å²) in [5, 5.41) is 3.23. The van der Waals surface area contributed by atoms with E-state index in [1.165, 1.54) is 0 Å². The van der Waals surface area contributed by atoms with Gasteiger partial charge in [0.15, 0.2) is 0 Å². The molecule has 3 rings (SSSR count). The Labute approximate surface area is 125 Å². The minimum absolute atomic E-state index is 0.345. The zero-order valence-electron chi connectivity index (χ0n) is 11.7. The molecule has 0 unspecified atom stereocenters. The number of sulfonamides is 1. The number of benzene rings is 2. The van der Waals surface area contributed by atoms with E-state index in [1.807, 2.05) is 36.4 Å². The van der Waals surface area contributed by atoms with Crippen LogP contribution in [-0.2, 0) is 22.9 Å². The number of anilines is 1. The third-order valence-corrected chi connectivity index (χ3v) is 5.10. The molecule has 1 heterocycles. The zero-order valence-corrected chi connectivity index (χ0v) is 12.5. The van der Waals surface area contributed by atoms with E-state index in [0.29, 0.717) is 17.9 Å². The molecule has 0 spiro atoms. The maximum atomic E-state index is 12.3. The normalized spacial score (nSPS) is 13.7. The quantitative estimate of drug-likeness (QED) is 0.890. The molecular weight excluding hydrogens is 284 g/mol. The van der Waals surface area contributed by atoms with Gasteiger partial charge in [0.1, 0.15) is 0 Å². The van der Waals surface area contributed by atoms with Crippen LogP contribution in [0.25, 0.3) is 0 Å². The molecule has 5 heteroatoms. The van der Waals surface area contributed by atoms with Crippen molar-refractivity contribution in [2.24, 2.45) is 0 Å². The Morgan fingerprint density at radius 1 is 1.10 bits per heavy atom. The van der Waals surface area contributed by atoms with Crippen molar-refractivity contribution in [3.8, 4) is 0 Å². The van der Waals surface area contributed by atoms with E-state index < -0.39 is 10.0 Å². The molecule has 0 amide bonds. The minimum Gasteiger partial charge on any atom is -0.384 e. The Bertz CT molecular complexity index is 727. The highest BCUT2D eigenvalue weighted by Gasteiger charge is 2.17. The summed E-state index contributed by atoms with van der Waals surface area (Å²) in [6, 6.07) is 15.1. The lowest BCUT2D eigenvalue weighted by Crippen LogP contribution is -2.26. The molecule has 2 aromatic rings. The van der Waals surface area contributed by atoms with Crippen LogP contribution in [0.15, 0.2) is 53.4 Å². The standard InChI is InChI=1S/C16H18N2O2S/c19-21(20,18-11-8-13-4-2-1-3-5-13)15-6-7-16-14(12-15)9-10-17-16/h1-7,12,17-18H,8-11H2.